The van der Waals surface area contributed by atoms with Crippen LogP contribution in [-0.4, -0.2) is 16.1 Å². The van der Waals surface area contributed by atoms with Gasteiger partial charge in [-0.2, -0.15) is 0 Å². The van der Waals surface area contributed by atoms with Gasteiger partial charge >= 0.3 is 0 Å². The van der Waals surface area contributed by atoms with Gasteiger partial charge in [0.2, 0.25) is 0 Å². The molecule has 0 radical (unpaired) electrons. The monoisotopic (exact) mass is 233 g/mol. The van der Waals surface area contributed by atoms with Crippen molar-refractivity contribution in [3.05, 3.63) is 17.2 Å². The summed E-state index contributed by atoms with van der Waals surface area (Å²) in [7, 11) is 0. The van der Waals surface area contributed by atoms with Gasteiger partial charge in [-0.1, -0.05) is 20.3 Å². The van der Waals surface area contributed by atoms with Crippen molar-refractivity contribution in [1.82, 2.24) is 14.9 Å². The van der Waals surface area contributed by atoms with E-state index in [4.69, 9.17) is 4.98 Å². The van der Waals surface area contributed by atoms with Crippen molar-refractivity contribution in [3.63, 3.8) is 0 Å². The van der Waals surface area contributed by atoms with E-state index in [1.807, 2.05) is 0 Å². The molecule has 17 heavy (non-hydrogen) atoms. The highest BCUT2D eigenvalue weighted by atomic mass is 15.1. The van der Waals surface area contributed by atoms with Crippen molar-refractivity contribution < 1.29 is 0 Å². The van der Waals surface area contributed by atoms with Crippen molar-refractivity contribution in [3.8, 4) is 0 Å². The SMILES string of the molecule is CCc1nc2c(n1C1CCCC1C)CCNC2. The lowest BCUT2D eigenvalue weighted by molar-refractivity contribution is 0.384. The van der Waals surface area contributed by atoms with Crippen molar-refractivity contribution in [2.75, 3.05) is 6.54 Å². The number of fused-ring (bicyclic) bond motifs is 1. The first-order valence-electron chi connectivity index (χ1n) is 7.10. The van der Waals surface area contributed by atoms with Crippen LogP contribution in [0.4, 0.5) is 0 Å². The summed E-state index contributed by atoms with van der Waals surface area (Å²) in [5, 5.41) is 3.43. The Balaban J connectivity index is 2.03. The van der Waals surface area contributed by atoms with E-state index in [-0.39, 0.29) is 0 Å². The molecule has 0 aromatic carbocycles. The van der Waals surface area contributed by atoms with Crippen LogP contribution in [-0.2, 0) is 19.4 Å². The van der Waals surface area contributed by atoms with Crippen LogP contribution in [0, 0.1) is 5.92 Å². The van der Waals surface area contributed by atoms with Crippen LogP contribution in [0.1, 0.15) is 56.4 Å². The highest BCUT2D eigenvalue weighted by Gasteiger charge is 2.30. The molecule has 0 bridgehead atoms. The largest absolute Gasteiger partial charge is 0.328 e. The van der Waals surface area contributed by atoms with Gasteiger partial charge in [0.15, 0.2) is 0 Å². The van der Waals surface area contributed by atoms with Gasteiger partial charge in [-0.15, -0.1) is 0 Å². The number of nitrogens with one attached hydrogen (secondary N) is 1. The Morgan fingerprint density at radius 3 is 3.00 bits per heavy atom. The van der Waals surface area contributed by atoms with E-state index in [2.05, 4.69) is 23.7 Å². The van der Waals surface area contributed by atoms with Crippen LogP contribution >= 0.6 is 0 Å². The van der Waals surface area contributed by atoms with Crippen LogP contribution in [0.25, 0.3) is 0 Å². The molecule has 3 rings (SSSR count). The molecule has 94 valence electrons. The highest BCUT2D eigenvalue weighted by molar-refractivity contribution is 5.22. The van der Waals surface area contributed by atoms with Gasteiger partial charge < -0.3 is 9.88 Å². The Labute approximate surface area is 104 Å². The number of aromatic nitrogens is 2. The molecular formula is C14H23N3. The maximum atomic E-state index is 4.85. The molecule has 2 heterocycles. The topological polar surface area (TPSA) is 29.9 Å². The lowest BCUT2D eigenvalue weighted by Gasteiger charge is -2.24. The maximum Gasteiger partial charge on any atom is 0.109 e. The zero-order valence-corrected chi connectivity index (χ0v) is 11.0. The molecule has 1 N–H and O–H groups in total. The second kappa shape index (κ2) is 4.45. The summed E-state index contributed by atoms with van der Waals surface area (Å²) in [5.41, 5.74) is 2.84. The molecule has 3 heteroatoms. The van der Waals surface area contributed by atoms with E-state index >= 15 is 0 Å². The van der Waals surface area contributed by atoms with Gasteiger partial charge in [-0.3, -0.25) is 0 Å². The zero-order chi connectivity index (χ0) is 11.8. The fraction of sp³-hybridized carbons (Fsp3) is 0.786. The average molecular weight is 233 g/mol. The Kier molecular flexibility index (Phi) is 2.95. The molecule has 2 unspecified atom stereocenters. The van der Waals surface area contributed by atoms with Gasteiger partial charge in [-0.25, -0.2) is 4.98 Å². The molecule has 1 aromatic rings. The first kappa shape index (κ1) is 11.3. The minimum Gasteiger partial charge on any atom is -0.328 e. The number of aryl methyl sites for hydroxylation is 1. The number of hydrogen-bond acceptors (Lipinski definition) is 2. The normalized spacial score (nSPS) is 28.4. The second-order valence-corrected chi connectivity index (χ2v) is 5.55. The molecule has 0 saturated heterocycles. The van der Waals surface area contributed by atoms with Crippen LogP contribution in [0.2, 0.25) is 0 Å². The molecule has 3 nitrogen and oxygen atoms in total. The van der Waals surface area contributed by atoms with E-state index in [9.17, 15) is 0 Å². The Hall–Kier alpha value is -0.830. The standard InChI is InChI=1S/C14H23N3/c1-3-14-16-11-9-15-8-7-13(11)17(14)12-6-4-5-10(12)2/h10,12,15H,3-9H2,1-2H3. The minimum absolute atomic E-state index is 0.722. The molecule has 1 aliphatic carbocycles. The molecule has 2 aliphatic rings. The third kappa shape index (κ3) is 1.81. The lowest BCUT2D eigenvalue weighted by Crippen LogP contribution is -2.26. The predicted octanol–water partition coefficient (Wildman–Crippen LogP) is 2.45. The summed E-state index contributed by atoms with van der Waals surface area (Å²) >= 11 is 0. The summed E-state index contributed by atoms with van der Waals surface area (Å²) in [4.78, 5) is 4.85. The Bertz CT molecular complexity index is 408. The number of imidazole rings is 1. The van der Waals surface area contributed by atoms with Gasteiger partial charge in [0, 0.05) is 37.7 Å². The smallest absolute Gasteiger partial charge is 0.109 e. The third-order valence-corrected chi connectivity index (χ3v) is 4.46. The van der Waals surface area contributed by atoms with Gasteiger partial charge in [0.25, 0.3) is 0 Å². The van der Waals surface area contributed by atoms with Crippen molar-refractivity contribution in [1.29, 1.82) is 0 Å². The molecule has 1 saturated carbocycles. The first-order valence-corrected chi connectivity index (χ1v) is 7.10. The van der Waals surface area contributed by atoms with E-state index in [1.54, 1.807) is 0 Å². The Morgan fingerprint density at radius 2 is 2.29 bits per heavy atom. The van der Waals surface area contributed by atoms with E-state index in [0.29, 0.717) is 0 Å². The Morgan fingerprint density at radius 1 is 1.41 bits per heavy atom. The van der Waals surface area contributed by atoms with Crippen LogP contribution < -0.4 is 5.32 Å². The number of rotatable bonds is 2. The van der Waals surface area contributed by atoms with Gasteiger partial charge in [0.1, 0.15) is 5.82 Å². The minimum atomic E-state index is 0.722. The van der Waals surface area contributed by atoms with Gasteiger partial charge in [0.05, 0.1) is 5.69 Å². The van der Waals surface area contributed by atoms with E-state index in [1.165, 1.54) is 36.5 Å². The lowest BCUT2D eigenvalue weighted by atomic mass is 10.0. The van der Waals surface area contributed by atoms with E-state index < -0.39 is 0 Å². The summed E-state index contributed by atoms with van der Waals surface area (Å²) in [6, 6.07) is 0.722. The second-order valence-electron chi connectivity index (χ2n) is 5.55. The maximum absolute atomic E-state index is 4.85. The fourth-order valence-electron chi connectivity index (χ4n) is 3.54. The highest BCUT2D eigenvalue weighted by Crippen LogP contribution is 2.38. The van der Waals surface area contributed by atoms with Gasteiger partial charge in [-0.05, 0) is 18.8 Å². The number of nitrogens with zero attached hydrogens (tertiary/aromatic N) is 2. The quantitative estimate of drug-likeness (QED) is 0.850. The average Bonchev–Trinajstić information content (AvgIpc) is 2.91. The summed E-state index contributed by atoms with van der Waals surface area (Å²) in [6.45, 7) is 6.72. The van der Waals surface area contributed by atoms with Crippen molar-refractivity contribution in [2.45, 2.75) is 58.5 Å². The molecule has 1 aliphatic heterocycles. The zero-order valence-electron chi connectivity index (χ0n) is 11.0. The summed E-state index contributed by atoms with van der Waals surface area (Å²) < 4.78 is 2.60. The molecule has 0 amide bonds. The summed E-state index contributed by atoms with van der Waals surface area (Å²) in [5.74, 6) is 2.14. The first-order chi connectivity index (χ1) is 8.31. The van der Waals surface area contributed by atoms with Crippen molar-refractivity contribution >= 4 is 0 Å². The molecule has 1 fully saturated rings. The van der Waals surface area contributed by atoms with Crippen LogP contribution in [0.5, 0.6) is 0 Å². The fourth-order valence-corrected chi connectivity index (χ4v) is 3.54. The molecule has 2 atom stereocenters. The van der Waals surface area contributed by atoms with E-state index in [0.717, 1.165) is 37.9 Å². The third-order valence-electron chi connectivity index (χ3n) is 4.46. The van der Waals surface area contributed by atoms with Crippen LogP contribution in [0.3, 0.4) is 0 Å². The molecule has 0 spiro atoms. The van der Waals surface area contributed by atoms with Crippen molar-refractivity contribution in [2.24, 2.45) is 5.92 Å². The summed E-state index contributed by atoms with van der Waals surface area (Å²) in [6.07, 6.45) is 6.35. The number of hydrogen-bond donors (Lipinski definition) is 1. The predicted molar refractivity (Wildman–Crippen MR) is 69.1 cm³/mol. The molecule has 1 aromatic heterocycles. The van der Waals surface area contributed by atoms with Crippen LogP contribution in [0.15, 0.2) is 0 Å². The molecular weight excluding hydrogens is 210 g/mol.